The van der Waals surface area contributed by atoms with Gasteiger partial charge in [0.15, 0.2) is 0 Å². The Labute approximate surface area is 111 Å². The summed E-state index contributed by atoms with van der Waals surface area (Å²) in [7, 11) is -2.15. The van der Waals surface area contributed by atoms with Gasteiger partial charge in [-0.05, 0) is 19.8 Å². The van der Waals surface area contributed by atoms with Gasteiger partial charge in [0.05, 0.1) is 13.7 Å². The molecule has 0 aromatic carbocycles. The molecule has 4 heteroatoms. The lowest BCUT2D eigenvalue weighted by Gasteiger charge is -2.17. The minimum absolute atomic E-state index is 0.260. The van der Waals surface area contributed by atoms with Crippen molar-refractivity contribution in [2.45, 2.75) is 46.5 Å². The number of unbranched alkanes of at least 4 members (excludes halogenated alkanes) is 2. The molecular formula is C14H27O3P. The molecule has 0 aliphatic carbocycles. The SMILES string of the molecule is C=C(C)C(=O)OCCP(=O)(CCCC)CCCC. The molecule has 0 unspecified atom stereocenters. The second-order valence-corrected chi connectivity index (χ2v) is 8.31. The van der Waals surface area contributed by atoms with Crippen LogP contribution in [0.3, 0.4) is 0 Å². The molecule has 0 aromatic heterocycles. The van der Waals surface area contributed by atoms with Crippen LogP contribution in [0.1, 0.15) is 46.5 Å². The van der Waals surface area contributed by atoms with E-state index in [9.17, 15) is 9.36 Å². The molecule has 106 valence electrons. The van der Waals surface area contributed by atoms with Crippen molar-refractivity contribution in [1.82, 2.24) is 0 Å². The van der Waals surface area contributed by atoms with Crippen molar-refractivity contribution in [3.8, 4) is 0 Å². The predicted molar refractivity (Wildman–Crippen MR) is 77.8 cm³/mol. The number of carbonyl (C=O) groups excluding carboxylic acids is 1. The summed E-state index contributed by atoms with van der Waals surface area (Å²) in [5.74, 6) is -0.382. The van der Waals surface area contributed by atoms with Crippen LogP contribution in [0.2, 0.25) is 0 Å². The van der Waals surface area contributed by atoms with Gasteiger partial charge < -0.3 is 9.30 Å². The average Bonchev–Trinajstić information content (AvgIpc) is 2.34. The Balaban J connectivity index is 4.19. The van der Waals surface area contributed by atoms with Crippen LogP contribution < -0.4 is 0 Å². The monoisotopic (exact) mass is 274 g/mol. The van der Waals surface area contributed by atoms with E-state index in [1.54, 1.807) is 6.92 Å². The highest BCUT2D eigenvalue weighted by Crippen LogP contribution is 2.47. The van der Waals surface area contributed by atoms with Crippen molar-refractivity contribution >= 4 is 13.1 Å². The van der Waals surface area contributed by atoms with Crippen molar-refractivity contribution in [1.29, 1.82) is 0 Å². The number of hydrogen-bond donors (Lipinski definition) is 0. The Morgan fingerprint density at radius 1 is 1.11 bits per heavy atom. The van der Waals surface area contributed by atoms with E-state index >= 15 is 0 Å². The van der Waals surface area contributed by atoms with Gasteiger partial charge in [-0.3, -0.25) is 0 Å². The van der Waals surface area contributed by atoms with Crippen molar-refractivity contribution in [2.24, 2.45) is 0 Å². The van der Waals surface area contributed by atoms with Crippen molar-refractivity contribution < 1.29 is 14.1 Å². The highest BCUT2D eigenvalue weighted by molar-refractivity contribution is 7.63. The number of carbonyl (C=O) groups is 1. The third-order valence-electron chi connectivity index (χ3n) is 2.92. The largest absolute Gasteiger partial charge is 0.462 e. The molecule has 0 spiro atoms. The van der Waals surface area contributed by atoms with Crippen LogP contribution in [-0.4, -0.2) is 31.1 Å². The summed E-state index contributed by atoms with van der Waals surface area (Å²) in [4.78, 5) is 11.2. The zero-order valence-electron chi connectivity index (χ0n) is 12.0. The summed E-state index contributed by atoms with van der Waals surface area (Å²) in [6.45, 7) is 9.61. The Hall–Kier alpha value is -0.560. The first-order valence-corrected chi connectivity index (χ1v) is 9.11. The summed E-state index contributed by atoms with van der Waals surface area (Å²) < 4.78 is 17.7. The van der Waals surface area contributed by atoms with E-state index in [0.717, 1.165) is 38.0 Å². The fourth-order valence-corrected chi connectivity index (χ4v) is 4.54. The summed E-state index contributed by atoms with van der Waals surface area (Å²) in [6, 6.07) is 0. The van der Waals surface area contributed by atoms with E-state index < -0.39 is 7.14 Å². The van der Waals surface area contributed by atoms with Crippen LogP contribution >= 0.6 is 7.14 Å². The second-order valence-electron chi connectivity index (χ2n) is 4.85. The van der Waals surface area contributed by atoms with Crippen molar-refractivity contribution in [3.05, 3.63) is 12.2 Å². The van der Waals surface area contributed by atoms with E-state index in [1.165, 1.54) is 0 Å². The highest BCUT2D eigenvalue weighted by Gasteiger charge is 2.21. The Kier molecular flexibility index (Phi) is 9.09. The maximum atomic E-state index is 12.7. The lowest BCUT2D eigenvalue weighted by molar-refractivity contribution is -0.138. The van der Waals surface area contributed by atoms with Gasteiger partial charge in [0, 0.05) is 24.1 Å². The molecule has 0 heterocycles. The zero-order valence-corrected chi connectivity index (χ0v) is 12.9. The summed E-state index contributed by atoms with van der Waals surface area (Å²) in [6.07, 6.45) is 6.20. The van der Waals surface area contributed by atoms with Gasteiger partial charge in [-0.25, -0.2) is 4.79 Å². The van der Waals surface area contributed by atoms with Crippen LogP contribution in [0, 0.1) is 0 Å². The van der Waals surface area contributed by atoms with Crippen molar-refractivity contribution in [2.75, 3.05) is 25.1 Å². The van der Waals surface area contributed by atoms with E-state index in [4.69, 9.17) is 4.74 Å². The van der Waals surface area contributed by atoms with Crippen LogP contribution in [0.15, 0.2) is 12.2 Å². The topological polar surface area (TPSA) is 43.4 Å². The first kappa shape index (κ1) is 17.4. The quantitative estimate of drug-likeness (QED) is 0.342. The normalized spacial score (nSPS) is 11.3. The first-order valence-electron chi connectivity index (χ1n) is 6.85. The molecule has 0 radical (unpaired) electrons. The molecule has 0 aliphatic rings. The lowest BCUT2D eigenvalue weighted by atomic mass is 10.4. The molecule has 0 amide bonds. The molecular weight excluding hydrogens is 247 g/mol. The van der Waals surface area contributed by atoms with Crippen LogP contribution in [0.5, 0.6) is 0 Å². The smallest absolute Gasteiger partial charge is 0.333 e. The average molecular weight is 274 g/mol. The van der Waals surface area contributed by atoms with Gasteiger partial charge in [-0.15, -0.1) is 0 Å². The number of esters is 1. The zero-order chi connectivity index (χ0) is 14.0. The van der Waals surface area contributed by atoms with Crippen LogP contribution in [-0.2, 0) is 14.1 Å². The Bertz CT molecular complexity index is 298. The standard InChI is InChI=1S/C14H27O3P/c1-5-7-10-18(16,11-8-6-2)12-9-17-14(15)13(3)4/h3,5-12H2,1-2,4H3. The number of ether oxygens (including phenoxy) is 1. The van der Waals surface area contributed by atoms with Gasteiger partial charge >= 0.3 is 5.97 Å². The third kappa shape index (κ3) is 7.71. The van der Waals surface area contributed by atoms with Crippen LogP contribution in [0.25, 0.3) is 0 Å². The van der Waals surface area contributed by atoms with E-state index in [0.29, 0.717) is 11.7 Å². The molecule has 0 saturated carbocycles. The van der Waals surface area contributed by atoms with E-state index in [1.807, 2.05) is 0 Å². The van der Waals surface area contributed by atoms with Gasteiger partial charge in [0.2, 0.25) is 0 Å². The molecule has 0 fully saturated rings. The van der Waals surface area contributed by atoms with Gasteiger partial charge in [0.1, 0.15) is 0 Å². The molecule has 0 aromatic rings. The van der Waals surface area contributed by atoms with E-state index in [2.05, 4.69) is 20.4 Å². The molecule has 18 heavy (non-hydrogen) atoms. The van der Waals surface area contributed by atoms with Gasteiger partial charge in [0.25, 0.3) is 0 Å². The third-order valence-corrected chi connectivity index (χ3v) is 6.18. The lowest BCUT2D eigenvalue weighted by Crippen LogP contribution is -2.11. The van der Waals surface area contributed by atoms with Crippen molar-refractivity contribution in [3.63, 3.8) is 0 Å². The summed E-state index contributed by atoms with van der Waals surface area (Å²) in [5, 5.41) is 0. The predicted octanol–water partition coefficient (Wildman–Crippen LogP) is 4.07. The fourth-order valence-electron chi connectivity index (χ4n) is 1.66. The molecule has 0 rings (SSSR count). The Morgan fingerprint density at radius 2 is 1.61 bits per heavy atom. The molecule has 0 saturated heterocycles. The number of hydrogen-bond acceptors (Lipinski definition) is 3. The minimum Gasteiger partial charge on any atom is -0.462 e. The summed E-state index contributed by atoms with van der Waals surface area (Å²) in [5.41, 5.74) is 0.395. The van der Waals surface area contributed by atoms with Gasteiger partial charge in [-0.1, -0.05) is 33.3 Å². The first-order chi connectivity index (χ1) is 8.45. The molecule has 0 atom stereocenters. The molecule has 0 N–H and O–H groups in total. The molecule has 3 nitrogen and oxygen atoms in total. The fraction of sp³-hybridized carbons (Fsp3) is 0.786. The maximum Gasteiger partial charge on any atom is 0.333 e. The maximum absolute atomic E-state index is 12.7. The highest BCUT2D eigenvalue weighted by atomic mass is 31.2. The Morgan fingerprint density at radius 3 is 2.00 bits per heavy atom. The van der Waals surface area contributed by atoms with Crippen LogP contribution in [0.4, 0.5) is 0 Å². The number of rotatable bonds is 10. The second kappa shape index (κ2) is 9.38. The van der Waals surface area contributed by atoms with Gasteiger partial charge in [-0.2, -0.15) is 0 Å². The van der Waals surface area contributed by atoms with E-state index in [-0.39, 0.29) is 12.6 Å². The summed E-state index contributed by atoms with van der Waals surface area (Å²) >= 11 is 0. The minimum atomic E-state index is -2.15. The molecule has 0 aliphatic heterocycles. The molecule has 0 bridgehead atoms.